The zero-order chi connectivity index (χ0) is 17.8. The van der Waals surface area contributed by atoms with Crippen LogP contribution in [0, 0.1) is 5.82 Å². The Bertz CT molecular complexity index is 874. The molecule has 1 unspecified atom stereocenters. The van der Waals surface area contributed by atoms with E-state index in [1.807, 2.05) is 42.1 Å². The maximum Gasteiger partial charge on any atom is 0.315 e. The summed E-state index contributed by atoms with van der Waals surface area (Å²) in [6.07, 6.45) is 1.17. The number of nitrogens with one attached hydrogen (secondary N) is 2. The van der Waals surface area contributed by atoms with Crippen molar-refractivity contribution in [1.82, 2.24) is 15.2 Å². The van der Waals surface area contributed by atoms with Crippen molar-refractivity contribution in [1.29, 1.82) is 0 Å². The maximum atomic E-state index is 12.8. The number of nitrogens with zero attached hydrogens (tertiary/aromatic N) is 1. The fourth-order valence-corrected chi connectivity index (χ4v) is 2.66. The number of carbonyl (C=O) groups is 1. The normalized spacial score (nSPS) is 12.1. The Morgan fingerprint density at radius 2 is 1.92 bits per heavy atom. The van der Waals surface area contributed by atoms with E-state index in [4.69, 9.17) is 0 Å². The van der Waals surface area contributed by atoms with E-state index in [2.05, 4.69) is 10.6 Å². The second kappa shape index (κ2) is 7.36. The van der Waals surface area contributed by atoms with Gasteiger partial charge in [-0.3, -0.25) is 0 Å². The van der Waals surface area contributed by atoms with Crippen molar-refractivity contribution in [3.8, 4) is 0 Å². The van der Waals surface area contributed by atoms with Crippen LogP contribution in [0.25, 0.3) is 10.9 Å². The van der Waals surface area contributed by atoms with Gasteiger partial charge in [-0.2, -0.15) is 0 Å². The summed E-state index contributed by atoms with van der Waals surface area (Å²) in [5, 5.41) is 16.6. The summed E-state index contributed by atoms with van der Waals surface area (Å²) in [6, 6.07) is 13.2. The highest BCUT2D eigenvalue weighted by molar-refractivity contribution is 5.81. The molecule has 0 bridgehead atoms. The number of aromatic nitrogens is 1. The van der Waals surface area contributed by atoms with E-state index in [-0.39, 0.29) is 24.9 Å². The minimum Gasteiger partial charge on any atom is -0.387 e. The van der Waals surface area contributed by atoms with Crippen molar-refractivity contribution < 1.29 is 14.3 Å². The number of amides is 2. The molecule has 0 fully saturated rings. The number of urea groups is 1. The van der Waals surface area contributed by atoms with Crippen molar-refractivity contribution in [2.75, 3.05) is 6.54 Å². The minimum absolute atomic E-state index is 0.105. The van der Waals surface area contributed by atoms with Gasteiger partial charge in [-0.15, -0.1) is 0 Å². The van der Waals surface area contributed by atoms with Crippen molar-refractivity contribution in [3.63, 3.8) is 0 Å². The molecule has 0 saturated heterocycles. The molecule has 1 atom stereocenters. The Kier molecular flexibility index (Phi) is 5.00. The second-order valence-corrected chi connectivity index (χ2v) is 5.95. The average molecular weight is 341 g/mol. The van der Waals surface area contributed by atoms with E-state index in [1.165, 1.54) is 12.1 Å². The van der Waals surface area contributed by atoms with Gasteiger partial charge in [0.05, 0.1) is 6.10 Å². The minimum atomic E-state index is -0.791. The highest BCUT2D eigenvalue weighted by Gasteiger charge is 2.11. The van der Waals surface area contributed by atoms with Crippen LogP contribution in [-0.2, 0) is 13.6 Å². The SMILES string of the molecule is Cn1ccc2cc(C(O)CNC(=O)NCc3ccc(F)cc3)ccc21. The van der Waals surface area contributed by atoms with Gasteiger partial charge in [0.1, 0.15) is 5.82 Å². The van der Waals surface area contributed by atoms with Gasteiger partial charge < -0.3 is 20.3 Å². The number of halogens is 1. The van der Waals surface area contributed by atoms with Crippen molar-refractivity contribution in [3.05, 3.63) is 71.7 Å². The fourth-order valence-electron chi connectivity index (χ4n) is 2.66. The topological polar surface area (TPSA) is 66.3 Å². The molecular formula is C19H20FN3O2. The molecule has 0 saturated carbocycles. The van der Waals surface area contributed by atoms with Crippen molar-refractivity contribution in [2.45, 2.75) is 12.6 Å². The van der Waals surface area contributed by atoms with Gasteiger partial charge in [-0.1, -0.05) is 18.2 Å². The predicted octanol–water partition coefficient (Wildman–Crippen LogP) is 2.85. The third kappa shape index (κ3) is 4.16. The van der Waals surface area contributed by atoms with Gasteiger partial charge in [-0.05, 0) is 46.8 Å². The molecule has 0 radical (unpaired) electrons. The van der Waals surface area contributed by atoms with Gasteiger partial charge in [-0.25, -0.2) is 9.18 Å². The molecule has 2 amide bonds. The second-order valence-electron chi connectivity index (χ2n) is 5.95. The van der Waals surface area contributed by atoms with Crippen LogP contribution in [0.15, 0.2) is 54.7 Å². The Morgan fingerprint density at radius 1 is 1.16 bits per heavy atom. The number of fused-ring (bicyclic) bond motifs is 1. The van der Waals surface area contributed by atoms with Crippen LogP contribution in [0.2, 0.25) is 0 Å². The summed E-state index contributed by atoms with van der Waals surface area (Å²) in [6.45, 7) is 0.395. The molecule has 5 nitrogen and oxygen atoms in total. The van der Waals surface area contributed by atoms with Crippen LogP contribution >= 0.6 is 0 Å². The molecule has 3 rings (SSSR count). The lowest BCUT2D eigenvalue weighted by Crippen LogP contribution is -2.37. The summed E-state index contributed by atoms with van der Waals surface area (Å²) in [5.41, 5.74) is 2.63. The fraction of sp³-hybridized carbons (Fsp3) is 0.211. The molecule has 1 aromatic heterocycles. The van der Waals surface area contributed by atoms with E-state index in [0.29, 0.717) is 0 Å². The summed E-state index contributed by atoms with van der Waals surface area (Å²) in [7, 11) is 1.96. The lowest BCUT2D eigenvalue weighted by Gasteiger charge is -2.13. The number of aliphatic hydroxyl groups excluding tert-OH is 1. The molecule has 0 aliphatic carbocycles. The van der Waals surface area contributed by atoms with E-state index in [9.17, 15) is 14.3 Å². The summed E-state index contributed by atoms with van der Waals surface area (Å²) < 4.78 is 14.8. The first kappa shape index (κ1) is 17.0. The van der Waals surface area contributed by atoms with Crippen LogP contribution in [-0.4, -0.2) is 22.2 Å². The molecule has 3 N–H and O–H groups in total. The summed E-state index contributed by atoms with van der Waals surface area (Å²) in [4.78, 5) is 11.8. The van der Waals surface area contributed by atoms with Crippen LogP contribution < -0.4 is 10.6 Å². The molecule has 25 heavy (non-hydrogen) atoms. The predicted molar refractivity (Wildman–Crippen MR) is 94.5 cm³/mol. The zero-order valence-corrected chi connectivity index (χ0v) is 13.9. The number of aryl methyl sites for hydroxylation is 1. The molecule has 6 heteroatoms. The standard InChI is InChI=1S/C19H20FN3O2/c1-23-9-8-14-10-15(4-7-17(14)23)18(24)12-22-19(25)21-11-13-2-5-16(20)6-3-13/h2-10,18,24H,11-12H2,1H3,(H2,21,22,25). The van der Waals surface area contributed by atoms with Gasteiger partial charge in [0.25, 0.3) is 0 Å². The first-order valence-corrected chi connectivity index (χ1v) is 8.02. The number of rotatable bonds is 5. The number of carbonyl (C=O) groups excluding carboxylic acids is 1. The highest BCUT2D eigenvalue weighted by atomic mass is 19.1. The lowest BCUT2D eigenvalue weighted by atomic mass is 10.1. The van der Waals surface area contributed by atoms with E-state index in [1.54, 1.807) is 12.1 Å². The third-order valence-electron chi connectivity index (χ3n) is 4.12. The quantitative estimate of drug-likeness (QED) is 0.668. The Labute approximate surface area is 145 Å². The Balaban J connectivity index is 1.51. The van der Waals surface area contributed by atoms with Crippen LogP contribution in [0.1, 0.15) is 17.2 Å². The van der Waals surface area contributed by atoms with Gasteiger partial charge >= 0.3 is 6.03 Å². The van der Waals surface area contributed by atoms with E-state index >= 15 is 0 Å². The molecule has 0 aliphatic rings. The van der Waals surface area contributed by atoms with E-state index < -0.39 is 6.10 Å². The maximum absolute atomic E-state index is 12.8. The highest BCUT2D eigenvalue weighted by Crippen LogP contribution is 2.20. The van der Waals surface area contributed by atoms with E-state index in [0.717, 1.165) is 22.0 Å². The number of hydrogen-bond donors (Lipinski definition) is 3. The molecule has 2 aromatic carbocycles. The van der Waals surface area contributed by atoms with Gasteiger partial charge in [0, 0.05) is 31.9 Å². The van der Waals surface area contributed by atoms with Crippen molar-refractivity contribution in [2.24, 2.45) is 7.05 Å². The largest absolute Gasteiger partial charge is 0.387 e. The first-order valence-electron chi connectivity index (χ1n) is 8.02. The number of hydrogen-bond acceptors (Lipinski definition) is 2. The zero-order valence-electron chi connectivity index (χ0n) is 13.9. The molecule has 0 aliphatic heterocycles. The Hall–Kier alpha value is -2.86. The molecule has 1 heterocycles. The molecule has 0 spiro atoms. The van der Waals surface area contributed by atoms with Crippen LogP contribution in [0.4, 0.5) is 9.18 Å². The van der Waals surface area contributed by atoms with Crippen LogP contribution in [0.3, 0.4) is 0 Å². The van der Waals surface area contributed by atoms with Crippen molar-refractivity contribution >= 4 is 16.9 Å². The average Bonchev–Trinajstić information content (AvgIpc) is 2.99. The monoisotopic (exact) mass is 341 g/mol. The van der Waals surface area contributed by atoms with Crippen LogP contribution in [0.5, 0.6) is 0 Å². The molecule has 130 valence electrons. The summed E-state index contributed by atoms with van der Waals surface area (Å²) in [5.74, 6) is -0.313. The smallest absolute Gasteiger partial charge is 0.315 e. The lowest BCUT2D eigenvalue weighted by molar-refractivity contribution is 0.173. The van der Waals surface area contributed by atoms with Gasteiger partial charge in [0.15, 0.2) is 0 Å². The van der Waals surface area contributed by atoms with Gasteiger partial charge in [0.2, 0.25) is 0 Å². The Morgan fingerprint density at radius 3 is 2.68 bits per heavy atom. The third-order valence-corrected chi connectivity index (χ3v) is 4.12. The first-order chi connectivity index (χ1) is 12.0. The number of aliphatic hydroxyl groups is 1. The summed E-state index contributed by atoms with van der Waals surface area (Å²) >= 11 is 0. The number of benzene rings is 2. The molecular weight excluding hydrogens is 321 g/mol. The molecule has 3 aromatic rings.